The van der Waals surface area contributed by atoms with Crippen LogP contribution in [0.2, 0.25) is 0 Å². The van der Waals surface area contributed by atoms with Gasteiger partial charge in [-0.1, -0.05) is 0 Å². The average molecular weight is 178 g/mol. The smallest absolute Gasteiger partial charge is 0.145 e. The normalized spacial score (nSPS) is 20.8. The number of allylic oxidation sites excluding steroid dienone is 1. The van der Waals surface area contributed by atoms with E-state index in [0.29, 0.717) is 6.54 Å². The van der Waals surface area contributed by atoms with E-state index in [1.54, 1.807) is 12.1 Å². The van der Waals surface area contributed by atoms with Crippen molar-refractivity contribution in [1.82, 2.24) is 5.01 Å². The molecule has 0 aromatic heterocycles. The van der Waals surface area contributed by atoms with E-state index < -0.39 is 0 Å². The van der Waals surface area contributed by atoms with Gasteiger partial charge in [-0.3, -0.25) is 10.0 Å². The highest BCUT2D eigenvalue weighted by atomic mass is 15.4. The van der Waals surface area contributed by atoms with Gasteiger partial charge >= 0.3 is 0 Å². The van der Waals surface area contributed by atoms with Crippen molar-refractivity contribution >= 4 is 18.3 Å². The number of rotatable bonds is 1. The second-order valence-corrected chi connectivity index (χ2v) is 2.89. The third-order valence-corrected chi connectivity index (χ3v) is 1.95. The van der Waals surface area contributed by atoms with E-state index >= 15 is 0 Å². The third-order valence-electron chi connectivity index (χ3n) is 1.95. The molecule has 1 heterocycles. The largest absolute Gasteiger partial charge is 0.272 e. The zero-order valence-electron chi connectivity index (χ0n) is 8.28. The Hall–Kier alpha value is -1.45. The molecule has 4 nitrogen and oxygen atoms in total. The van der Waals surface area contributed by atoms with E-state index in [9.17, 15) is 0 Å². The lowest BCUT2D eigenvalue weighted by atomic mass is 10.2. The summed E-state index contributed by atoms with van der Waals surface area (Å²) in [7, 11) is 1.73. The van der Waals surface area contributed by atoms with Crippen molar-refractivity contribution in [2.75, 3.05) is 13.6 Å². The number of hydrazone groups is 1. The Morgan fingerprint density at radius 3 is 2.77 bits per heavy atom. The fourth-order valence-corrected chi connectivity index (χ4v) is 1.04. The maximum absolute atomic E-state index is 4.34. The van der Waals surface area contributed by atoms with Crippen molar-refractivity contribution < 1.29 is 0 Å². The molecule has 1 aliphatic rings. The van der Waals surface area contributed by atoms with Crippen LogP contribution in [0.1, 0.15) is 13.8 Å². The average Bonchev–Trinajstić information content (AvgIpc) is 2.27. The van der Waals surface area contributed by atoms with Crippen molar-refractivity contribution in [3.8, 4) is 0 Å². The summed E-state index contributed by atoms with van der Waals surface area (Å²) in [5.74, 6) is 0.776. The van der Waals surface area contributed by atoms with Crippen LogP contribution in [0.3, 0.4) is 0 Å². The molecule has 0 aromatic rings. The summed E-state index contributed by atoms with van der Waals surface area (Å²) < 4.78 is 0. The molecular weight excluding hydrogens is 164 g/mol. The quantitative estimate of drug-likeness (QED) is 0.558. The lowest BCUT2D eigenvalue weighted by Crippen LogP contribution is -2.17. The Labute approximate surface area is 78.4 Å². The van der Waals surface area contributed by atoms with Crippen molar-refractivity contribution in [3.05, 3.63) is 11.8 Å². The van der Waals surface area contributed by atoms with Crippen molar-refractivity contribution in [2.24, 2.45) is 15.1 Å². The monoisotopic (exact) mass is 178 g/mol. The van der Waals surface area contributed by atoms with E-state index in [0.717, 1.165) is 17.1 Å². The van der Waals surface area contributed by atoms with Crippen LogP contribution >= 0.6 is 0 Å². The molecular formula is C9H14N4. The van der Waals surface area contributed by atoms with Crippen LogP contribution in [-0.4, -0.2) is 36.9 Å². The molecule has 0 radical (unpaired) electrons. The first-order valence-electron chi connectivity index (χ1n) is 4.10. The summed E-state index contributed by atoms with van der Waals surface area (Å²) in [5.41, 5.74) is 2.07. The molecule has 0 spiro atoms. The van der Waals surface area contributed by atoms with Crippen LogP contribution in [0.15, 0.2) is 26.9 Å². The third kappa shape index (κ3) is 2.24. The first kappa shape index (κ1) is 9.64. The van der Waals surface area contributed by atoms with E-state index in [-0.39, 0.29) is 0 Å². The van der Waals surface area contributed by atoms with Gasteiger partial charge < -0.3 is 0 Å². The molecule has 0 N–H and O–H groups in total. The summed E-state index contributed by atoms with van der Waals surface area (Å²) >= 11 is 0. The van der Waals surface area contributed by atoms with Gasteiger partial charge in [0.15, 0.2) is 0 Å². The van der Waals surface area contributed by atoms with Crippen molar-refractivity contribution in [1.29, 1.82) is 0 Å². The molecule has 0 saturated heterocycles. The van der Waals surface area contributed by atoms with Gasteiger partial charge in [0, 0.05) is 25.7 Å². The first-order chi connectivity index (χ1) is 6.17. The molecule has 1 aliphatic heterocycles. The SMILES string of the molecule is C=NN1C=C(C)C(C)=NC(=NC)C1. The highest BCUT2D eigenvalue weighted by Gasteiger charge is 2.09. The van der Waals surface area contributed by atoms with Gasteiger partial charge in [0.05, 0.1) is 0 Å². The molecule has 0 unspecified atom stereocenters. The van der Waals surface area contributed by atoms with Gasteiger partial charge in [-0.15, -0.1) is 0 Å². The summed E-state index contributed by atoms with van der Waals surface area (Å²) in [4.78, 5) is 8.40. The zero-order valence-corrected chi connectivity index (χ0v) is 8.28. The van der Waals surface area contributed by atoms with Crippen molar-refractivity contribution in [2.45, 2.75) is 13.8 Å². The predicted molar refractivity (Wildman–Crippen MR) is 56.5 cm³/mol. The molecule has 70 valence electrons. The molecule has 0 saturated carbocycles. The maximum atomic E-state index is 4.34. The Morgan fingerprint density at radius 1 is 1.54 bits per heavy atom. The van der Waals surface area contributed by atoms with Gasteiger partial charge in [0.2, 0.25) is 0 Å². The molecule has 4 heteroatoms. The van der Waals surface area contributed by atoms with Crippen LogP contribution in [0.4, 0.5) is 0 Å². The topological polar surface area (TPSA) is 40.3 Å². The Kier molecular flexibility index (Phi) is 2.95. The van der Waals surface area contributed by atoms with E-state index in [1.807, 2.05) is 20.0 Å². The van der Waals surface area contributed by atoms with Gasteiger partial charge in [-0.2, -0.15) is 5.10 Å². The summed E-state index contributed by atoms with van der Waals surface area (Å²) in [5, 5.41) is 5.58. The minimum atomic E-state index is 0.592. The van der Waals surface area contributed by atoms with Gasteiger partial charge in [-0.25, -0.2) is 4.99 Å². The van der Waals surface area contributed by atoms with E-state index in [2.05, 4.69) is 21.8 Å². The van der Waals surface area contributed by atoms with Gasteiger partial charge in [-0.05, 0) is 19.4 Å². The number of nitrogens with zero attached hydrogens (tertiary/aromatic N) is 4. The molecule has 0 atom stereocenters. The fourth-order valence-electron chi connectivity index (χ4n) is 1.04. The standard InChI is InChI=1S/C9H14N4/c1-7-5-13(11-4)6-9(10-3)12-8(7)2/h5H,4,6H2,1-3H3. The number of hydrogen-bond donors (Lipinski definition) is 0. The Bertz CT molecular complexity index is 299. The summed E-state index contributed by atoms with van der Waals surface area (Å²) in [6, 6.07) is 0. The molecule has 0 aromatic carbocycles. The molecule has 13 heavy (non-hydrogen) atoms. The first-order valence-corrected chi connectivity index (χ1v) is 4.10. The minimum absolute atomic E-state index is 0.592. The van der Waals surface area contributed by atoms with Crippen LogP contribution in [0.25, 0.3) is 0 Å². The maximum Gasteiger partial charge on any atom is 0.145 e. The second kappa shape index (κ2) is 3.98. The van der Waals surface area contributed by atoms with Crippen LogP contribution < -0.4 is 0 Å². The minimum Gasteiger partial charge on any atom is -0.272 e. The molecule has 0 amide bonds. The van der Waals surface area contributed by atoms with E-state index in [4.69, 9.17) is 0 Å². The highest BCUT2D eigenvalue weighted by molar-refractivity contribution is 6.06. The lowest BCUT2D eigenvalue weighted by Gasteiger charge is -2.10. The number of aliphatic imine (C=N–C) groups is 2. The second-order valence-electron chi connectivity index (χ2n) is 2.89. The van der Waals surface area contributed by atoms with Crippen LogP contribution in [-0.2, 0) is 0 Å². The predicted octanol–water partition coefficient (Wildman–Crippen LogP) is 1.31. The fraction of sp³-hybridized carbons (Fsp3) is 0.444. The van der Waals surface area contributed by atoms with Gasteiger partial charge in [0.1, 0.15) is 12.4 Å². The molecule has 0 fully saturated rings. The van der Waals surface area contributed by atoms with Crippen LogP contribution in [0, 0.1) is 0 Å². The number of hydrogen-bond acceptors (Lipinski definition) is 3. The van der Waals surface area contributed by atoms with Crippen molar-refractivity contribution in [3.63, 3.8) is 0 Å². The molecule has 0 bridgehead atoms. The zero-order chi connectivity index (χ0) is 9.84. The molecule has 1 rings (SSSR count). The Morgan fingerprint density at radius 2 is 2.23 bits per heavy atom. The summed E-state index contributed by atoms with van der Waals surface area (Å²) in [6.07, 6.45) is 1.92. The molecule has 0 aliphatic carbocycles. The highest BCUT2D eigenvalue weighted by Crippen LogP contribution is 2.06. The summed E-state index contributed by atoms with van der Waals surface area (Å²) in [6.45, 7) is 8.03. The lowest BCUT2D eigenvalue weighted by molar-refractivity contribution is 0.459. The van der Waals surface area contributed by atoms with E-state index in [1.165, 1.54) is 0 Å². The Balaban J connectivity index is 3.01. The van der Waals surface area contributed by atoms with Gasteiger partial charge in [0.25, 0.3) is 0 Å². The number of amidine groups is 1. The van der Waals surface area contributed by atoms with Crippen LogP contribution in [0.5, 0.6) is 0 Å².